The van der Waals surface area contributed by atoms with Crippen LogP contribution in [0.15, 0.2) is 303 Å². The molecule has 0 amide bonds. The van der Waals surface area contributed by atoms with Crippen LogP contribution in [0, 0.1) is 0 Å². The van der Waals surface area contributed by atoms with Crippen molar-refractivity contribution in [2.24, 2.45) is 0 Å². The summed E-state index contributed by atoms with van der Waals surface area (Å²) in [5, 5.41) is 8.91. The largest absolute Gasteiger partial charge is 0.151 e. The Bertz CT molecular complexity index is 3370. The first kappa shape index (κ1) is 51.5. The average Bonchev–Trinajstić information content (AvgIpc) is 3.96. The second kappa shape index (κ2) is 23.2. The zero-order valence-corrected chi connectivity index (χ0v) is 43.6. The van der Waals surface area contributed by atoms with Gasteiger partial charge in [0.2, 0.25) is 0 Å². The van der Waals surface area contributed by atoms with E-state index < -0.39 is 16.1 Å². The van der Waals surface area contributed by atoms with Crippen molar-refractivity contribution in [1.82, 2.24) is 0 Å². The van der Waals surface area contributed by atoms with Gasteiger partial charge in [0, 0.05) is 0 Å². The fraction of sp³-hybridized carbons (Fsp3) is 0.0685. The highest BCUT2D eigenvalue weighted by Gasteiger charge is 2.51. The molecule has 0 aromatic heterocycles. The van der Waals surface area contributed by atoms with Crippen LogP contribution >= 0.6 is 0 Å². The van der Waals surface area contributed by atoms with Crippen molar-refractivity contribution in [2.45, 2.75) is 34.4 Å². The first-order valence-corrected chi connectivity index (χ1v) is 30.4. The van der Waals surface area contributed by atoms with Gasteiger partial charge in [-0.2, -0.15) is 0 Å². The standard InChI is InChI=1S/C36H30Si.C35H28Si.2CH4/c1-2-37(32-26-16-7-17-27-32)35(30-22-12-5-13-23-30)33(28-18-8-3-9-19-28)34(29-20-10-4-11-21-29)36(37)31-24-14-6-15-25-31;1-36(31-25-15-6-16-26-31)34(29-21-11-4-12-22-29)32(27-17-7-2-8-18-27)33(28-19-9-3-10-20-28)35(36)30-23-13-5-14-24-30;;/h3-27H,2H2,1H3;2-26H,1H3;2*1H4. The van der Waals surface area contributed by atoms with Crippen LogP contribution in [-0.2, 0) is 0 Å². The third-order valence-corrected chi connectivity index (χ3v) is 24.7. The van der Waals surface area contributed by atoms with Gasteiger partial charge in [-0.05, 0) is 104 Å². The molecule has 2 aliphatic heterocycles. The van der Waals surface area contributed by atoms with Gasteiger partial charge in [-0.25, -0.2) is 0 Å². The molecular formula is C73H66Si2. The maximum atomic E-state index is 2.55. The van der Waals surface area contributed by atoms with Crippen LogP contribution in [0.1, 0.15) is 66.3 Å². The van der Waals surface area contributed by atoms with E-state index in [1.54, 1.807) is 0 Å². The molecule has 0 N–H and O–H groups in total. The summed E-state index contributed by atoms with van der Waals surface area (Å²) >= 11 is 0. The molecule has 10 aromatic carbocycles. The molecule has 0 fully saturated rings. The minimum absolute atomic E-state index is 0. The number of hydrogen-bond acceptors (Lipinski definition) is 0. The Kier molecular flexibility index (Phi) is 15.9. The molecule has 0 saturated heterocycles. The zero-order valence-electron chi connectivity index (χ0n) is 41.6. The number of rotatable bonds is 11. The number of benzene rings is 10. The molecule has 0 aliphatic carbocycles. The molecule has 0 unspecified atom stereocenters. The number of hydrogen-bond donors (Lipinski definition) is 0. The summed E-state index contributed by atoms with van der Waals surface area (Å²) in [6, 6.07) is 112. The summed E-state index contributed by atoms with van der Waals surface area (Å²) in [5.74, 6) is 0. The Morgan fingerprint density at radius 3 is 0.653 bits per heavy atom. The fourth-order valence-corrected chi connectivity index (χ4v) is 22.1. The molecule has 0 saturated carbocycles. The van der Waals surface area contributed by atoms with E-state index in [0.29, 0.717) is 0 Å². The van der Waals surface area contributed by atoms with Gasteiger partial charge in [0.25, 0.3) is 0 Å². The second-order valence-electron chi connectivity index (χ2n) is 19.0. The molecule has 0 radical (unpaired) electrons. The summed E-state index contributed by atoms with van der Waals surface area (Å²) in [6.07, 6.45) is 0. The molecule has 75 heavy (non-hydrogen) atoms. The van der Waals surface area contributed by atoms with E-state index in [9.17, 15) is 0 Å². The molecule has 2 aliphatic rings. The Balaban J connectivity index is 0.000000179. The lowest BCUT2D eigenvalue weighted by Gasteiger charge is -2.34. The molecule has 0 bridgehead atoms. The molecule has 2 heterocycles. The van der Waals surface area contributed by atoms with Crippen LogP contribution in [0.4, 0.5) is 0 Å². The summed E-state index contributed by atoms with van der Waals surface area (Å²) < 4.78 is 0. The highest BCUT2D eigenvalue weighted by atomic mass is 28.3. The van der Waals surface area contributed by atoms with Crippen molar-refractivity contribution >= 4 is 69.6 Å². The average molecular weight is 1000 g/mol. The van der Waals surface area contributed by atoms with Gasteiger partial charge in [0.15, 0.2) is 8.07 Å². The van der Waals surface area contributed by atoms with Gasteiger partial charge in [0.05, 0.1) is 0 Å². The second-order valence-corrected chi connectivity index (χ2v) is 27.0. The van der Waals surface area contributed by atoms with Crippen LogP contribution in [0.5, 0.6) is 0 Å². The molecule has 12 rings (SSSR count). The smallest absolute Gasteiger partial charge is 0.0776 e. The Hall–Kier alpha value is -8.41. The van der Waals surface area contributed by atoms with E-state index >= 15 is 0 Å². The van der Waals surface area contributed by atoms with E-state index in [0.717, 1.165) is 6.04 Å². The van der Waals surface area contributed by atoms with E-state index in [1.165, 1.54) is 98.0 Å². The highest BCUT2D eigenvalue weighted by Crippen LogP contribution is 2.58. The van der Waals surface area contributed by atoms with E-state index in [4.69, 9.17) is 0 Å². The third kappa shape index (κ3) is 9.56. The van der Waals surface area contributed by atoms with Crippen molar-refractivity contribution in [3.8, 4) is 0 Å². The quantitative estimate of drug-likeness (QED) is 0.113. The van der Waals surface area contributed by atoms with Gasteiger partial charge in [0.1, 0.15) is 8.07 Å². The molecule has 0 nitrogen and oxygen atoms in total. The molecule has 0 atom stereocenters. The van der Waals surface area contributed by atoms with Gasteiger partial charge >= 0.3 is 0 Å². The van der Waals surface area contributed by atoms with Crippen molar-refractivity contribution in [3.05, 3.63) is 348 Å². The number of allylic oxidation sites excluding steroid dienone is 4. The lowest BCUT2D eigenvalue weighted by molar-refractivity contribution is 1.41. The molecule has 10 aromatic rings. The van der Waals surface area contributed by atoms with Crippen LogP contribution in [0.25, 0.3) is 43.1 Å². The Morgan fingerprint density at radius 1 is 0.227 bits per heavy atom. The predicted octanol–water partition coefficient (Wildman–Crippen LogP) is 18.2. The lowest BCUT2D eigenvalue weighted by atomic mass is 9.89. The first-order valence-electron chi connectivity index (χ1n) is 25.7. The highest BCUT2D eigenvalue weighted by molar-refractivity contribution is 7.22. The molecule has 2 heteroatoms. The summed E-state index contributed by atoms with van der Waals surface area (Å²) in [4.78, 5) is 0. The lowest BCUT2D eigenvalue weighted by Crippen LogP contribution is -2.49. The minimum atomic E-state index is -2.46. The maximum Gasteiger partial charge on any atom is 0.151 e. The minimum Gasteiger partial charge on any atom is -0.0776 e. The van der Waals surface area contributed by atoms with Gasteiger partial charge < -0.3 is 0 Å². The van der Waals surface area contributed by atoms with Crippen LogP contribution in [0.2, 0.25) is 12.6 Å². The van der Waals surface area contributed by atoms with Crippen molar-refractivity contribution in [2.75, 3.05) is 0 Å². The first-order chi connectivity index (χ1) is 36.1. The summed E-state index contributed by atoms with van der Waals surface area (Å²) in [5.41, 5.74) is 15.9. The SMILES string of the molecule is C.C.CC[Si]1(c2ccccc2)C(c2ccccc2)=C(c2ccccc2)C(c2ccccc2)=C1c1ccccc1.C[Si]1(c2ccccc2)C(c2ccccc2)=C(c2ccccc2)C(c2ccccc2)=C1c1ccccc1. The van der Waals surface area contributed by atoms with E-state index in [2.05, 4.69) is 317 Å². The monoisotopic (exact) mass is 998 g/mol. The predicted molar refractivity (Wildman–Crippen MR) is 332 cm³/mol. The summed E-state index contributed by atoms with van der Waals surface area (Å²) in [6.45, 7) is 4.95. The van der Waals surface area contributed by atoms with Crippen LogP contribution < -0.4 is 10.4 Å². The molecule has 366 valence electrons. The van der Waals surface area contributed by atoms with Gasteiger partial charge in [-0.15, -0.1) is 0 Å². The van der Waals surface area contributed by atoms with Crippen LogP contribution in [0.3, 0.4) is 0 Å². The topological polar surface area (TPSA) is 0 Å². The van der Waals surface area contributed by atoms with Crippen molar-refractivity contribution in [1.29, 1.82) is 0 Å². The molecular weight excluding hydrogens is 933 g/mol. The third-order valence-electron chi connectivity index (χ3n) is 15.0. The maximum absolute atomic E-state index is 2.55. The fourth-order valence-electron chi connectivity index (χ4n) is 11.9. The van der Waals surface area contributed by atoms with Crippen LogP contribution in [-0.4, -0.2) is 16.1 Å². The normalized spacial score (nSPS) is 14.4. The van der Waals surface area contributed by atoms with E-state index in [-0.39, 0.29) is 14.9 Å². The Morgan fingerprint density at radius 2 is 0.413 bits per heavy atom. The molecule has 0 spiro atoms. The zero-order chi connectivity index (χ0) is 49.5. The van der Waals surface area contributed by atoms with E-state index in [1.807, 2.05) is 0 Å². The summed E-state index contributed by atoms with van der Waals surface area (Å²) in [7, 11) is -4.89. The van der Waals surface area contributed by atoms with Crippen molar-refractivity contribution in [3.63, 3.8) is 0 Å². The van der Waals surface area contributed by atoms with Crippen molar-refractivity contribution < 1.29 is 0 Å². The van der Waals surface area contributed by atoms with Gasteiger partial charge in [-0.3, -0.25) is 0 Å². The Labute approximate surface area is 449 Å². The van der Waals surface area contributed by atoms with Gasteiger partial charge in [-0.1, -0.05) is 332 Å².